The fraction of sp³-hybridized carbons (Fsp3) is 0.0370. The van der Waals surface area contributed by atoms with Gasteiger partial charge in [0.1, 0.15) is 0 Å². The Kier molecular flexibility index (Phi) is 5.30. The number of benzene rings is 4. The van der Waals surface area contributed by atoms with Crippen LogP contribution in [0.4, 0.5) is 0 Å². The first-order valence-electron chi connectivity index (χ1n) is 10.3. The predicted octanol–water partition coefficient (Wildman–Crippen LogP) is 6.79. The zero-order valence-corrected chi connectivity index (χ0v) is 18.9. The van der Waals surface area contributed by atoms with E-state index in [1.165, 1.54) is 0 Å². The second kappa shape index (κ2) is 8.29. The van der Waals surface area contributed by atoms with E-state index in [9.17, 15) is 4.79 Å². The molecule has 0 aliphatic rings. The first-order chi connectivity index (χ1) is 16.0. The highest BCUT2D eigenvalue weighted by atomic mass is 35.5. The zero-order valence-electron chi connectivity index (χ0n) is 17.3. The molecule has 33 heavy (non-hydrogen) atoms. The molecule has 0 unspecified atom stereocenters. The van der Waals surface area contributed by atoms with Gasteiger partial charge >= 0.3 is 0 Å². The van der Waals surface area contributed by atoms with Crippen molar-refractivity contribution in [1.29, 1.82) is 5.26 Å². The summed E-state index contributed by atoms with van der Waals surface area (Å²) in [5.74, 6) is -0.470. The van der Waals surface area contributed by atoms with Gasteiger partial charge in [0.2, 0.25) is 5.91 Å². The fourth-order valence-electron chi connectivity index (χ4n) is 4.28. The molecule has 5 aromatic rings. The molecule has 0 bridgehead atoms. The van der Waals surface area contributed by atoms with Crippen LogP contribution in [0.25, 0.3) is 32.9 Å². The number of rotatable bonds is 4. The monoisotopic (exact) mass is 469 g/mol. The van der Waals surface area contributed by atoms with E-state index in [-0.39, 0.29) is 0 Å². The quantitative estimate of drug-likeness (QED) is 0.314. The molecule has 0 fully saturated rings. The number of hydrogen-bond acceptors (Lipinski definition) is 2. The van der Waals surface area contributed by atoms with Crippen molar-refractivity contribution in [2.45, 2.75) is 6.54 Å². The van der Waals surface area contributed by atoms with Crippen LogP contribution in [0, 0.1) is 11.3 Å². The third kappa shape index (κ3) is 3.72. The number of primary amides is 1. The molecular weight excluding hydrogens is 453 g/mol. The molecule has 0 saturated carbocycles. The lowest BCUT2D eigenvalue weighted by Gasteiger charge is -2.10. The minimum atomic E-state index is -0.470. The van der Waals surface area contributed by atoms with Crippen molar-refractivity contribution in [3.8, 4) is 17.2 Å². The maximum Gasteiger partial charge on any atom is 0.249 e. The Labute approximate surface area is 200 Å². The number of carbonyl (C=O) groups is 1. The molecule has 4 nitrogen and oxygen atoms in total. The minimum absolute atomic E-state index is 0.470. The van der Waals surface area contributed by atoms with E-state index in [0.29, 0.717) is 27.7 Å². The Hall–Kier alpha value is -3.78. The number of carbonyl (C=O) groups excluding carboxylic acids is 1. The summed E-state index contributed by atoms with van der Waals surface area (Å²) in [4.78, 5) is 12.2. The van der Waals surface area contributed by atoms with Gasteiger partial charge in [0.25, 0.3) is 0 Å². The minimum Gasteiger partial charge on any atom is -0.366 e. The van der Waals surface area contributed by atoms with E-state index in [1.54, 1.807) is 24.3 Å². The highest BCUT2D eigenvalue weighted by molar-refractivity contribution is 6.36. The molecule has 1 heterocycles. The molecule has 5 rings (SSSR count). The van der Waals surface area contributed by atoms with E-state index < -0.39 is 5.91 Å². The van der Waals surface area contributed by atoms with Crippen molar-refractivity contribution >= 4 is 50.9 Å². The molecular formula is C27H17Cl2N3O. The normalized spacial score (nSPS) is 11.1. The van der Waals surface area contributed by atoms with Crippen molar-refractivity contribution in [3.05, 3.63) is 106 Å². The Morgan fingerprint density at radius 1 is 0.939 bits per heavy atom. The average molecular weight is 470 g/mol. The first kappa shape index (κ1) is 21.1. The lowest BCUT2D eigenvalue weighted by atomic mass is 10.0. The van der Waals surface area contributed by atoms with Crippen LogP contribution in [-0.4, -0.2) is 10.5 Å². The van der Waals surface area contributed by atoms with Gasteiger partial charge in [-0.25, -0.2) is 0 Å². The highest BCUT2D eigenvalue weighted by Crippen LogP contribution is 2.37. The van der Waals surface area contributed by atoms with Crippen LogP contribution in [0.5, 0.6) is 0 Å². The van der Waals surface area contributed by atoms with Crippen LogP contribution in [0.1, 0.15) is 21.5 Å². The van der Waals surface area contributed by atoms with Crippen LogP contribution in [0.2, 0.25) is 10.0 Å². The lowest BCUT2D eigenvalue weighted by molar-refractivity contribution is 0.100. The molecule has 0 saturated heterocycles. The highest BCUT2D eigenvalue weighted by Gasteiger charge is 2.18. The van der Waals surface area contributed by atoms with Crippen LogP contribution in [0.3, 0.4) is 0 Å². The van der Waals surface area contributed by atoms with Crippen molar-refractivity contribution in [3.63, 3.8) is 0 Å². The van der Waals surface area contributed by atoms with E-state index in [0.717, 1.165) is 38.5 Å². The summed E-state index contributed by atoms with van der Waals surface area (Å²) in [6.07, 6.45) is 0. The number of amides is 1. The van der Waals surface area contributed by atoms with Crippen LogP contribution in [0.15, 0.2) is 78.9 Å². The van der Waals surface area contributed by atoms with Crippen LogP contribution < -0.4 is 5.73 Å². The molecule has 0 spiro atoms. The van der Waals surface area contributed by atoms with Gasteiger partial charge in [-0.2, -0.15) is 5.26 Å². The van der Waals surface area contributed by atoms with Crippen molar-refractivity contribution in [2.75, 3.05) is 0 Å². The zero-order chi connectivity index (χ0) is 23.1. The van der Waals surface area contributed by atoms with E-state index in [1.807, 2.05) is 48.5 Å². The number of fused-ring (bicyclic) bond motifs is 3. The summed E-state index contributed by atoms with van der Waals surface area (Å²) in [5, 5.41) is 12.0. The standard InChI is InChI=1S/C27H17Cl2N3O/c28-19-9-11-20(23(29)13-19)18-8-10-21-25(12-18)32(15-17-6-4-16(14-30)5-7-17)24-3-1-2-22(26(21)24)27(31)33/h1-13H,15H2,(H2,31,33). The third-order valence-corrected chi connectivity index (χ3v) is 6.37. The molecule has 1 amide bonds. The molecule has 0 aliphatic carbocycles. The fourth-order valence-corrected chi connectivity index (χ4v) is 4.80. The van der Waals surface area contributed by atoms with E-state index >= 15 is 0 Å². The molecule has 2 N–H and O–H groups in total. The van der Waals surface area contributed by atoms with Gasteiger partial charge in [0, 0.05) is 38.5 Å². The van der Waals surface area contributed by atoms with Gasteiger partial charge in [-0.15, -0.1) is 0 Å². The van der Waals surface area contributed by atoms with E-state index in [4.69, 9.17) is 34.2 Å². The smallest absolute Gasteiger partial charge is 0.249 e. The van der Waals surface area contributed by atoms with Crippen LogP contribution in [-0.2, 0) is 6.54 Å². The first-order valence-corrected chi connectivity index (χ1v) is 11.0. The van der Waals surface area contributed by atoms with Gasteiger partial charge in [0.05, 0.1) is 22.7 Å². The van der Waals surface area contributed by atoms with Gasteiger partial charge < -0.3 is 10.3 Å². The summed E-state index contributed by atoms with van der Waals surface area (Å²) in [5.41, 5.74) is 11.5. The summed E-state index contributed by atoms with van der Waals surface area (Å²) in [6, 6.07) is 26.7. The maximum absolute atomic E-state index is 12.2. The number of nitrogens with two attached hydrogens (primary N) is 1. The molecule has 6 heteroatoms. The summed E-state index contributed by atoms with van der Waals surface area (Å²) in [6.45, 7) is 0.561. The molecule has 160 valence electrons. The van der Waals surface area contributed by atoms with Crippen molar-refractivity contribution in [2.24, 2.45) is 5.73 Å². The van der Waals surface area contributed by atoms with Crippen molar-refractivity contribution < 1.29 is 4.79 Å². The SMILES string of the molecule is N#Cc1ccc(Cn2c3cc(-c4ccc(Cl)cc4Cl)ccc3c3c(C(N)=O)cccc32)cc1. The maximum atomic E-state index is 12.2. The topological polar surface area (TPSA) is 71.8 Å². The number of hydrogen-bond donors (Lipinski definition) is 1. The van der Waals surface area contributed by atoms with Gasteiger partial charge in [-0.1, -0.05) is 59.6 Å². The van der Waals surface area contributed by atoms with E-state index in [2.05, 4.69) is 16.7 Å². The number of halogens is 2. The summed E-state index contributed by atoms with van der Waals surface area (Å²) in [7, 11) is 0. The lowest BCUT2D eigenvalue weighted by Crippen LogP contribution is -2.11. The Morgan fingerprint density at radius 2 is 1.73 bits per heavy atom. The Balaban J connectivity index is 1.78. The Bertz CT molecular complexity index is 1590. The predicted molar refractivity (Wildman–Crippen MR) is 134 cm³/mol. The van der Waals surface area contributed by atoms with Crippen LogP contribution >= 0.6 is 23.2 Å². The molecule has 0 atom stereocenters. The summed E-state index contributed by atoms with van der Waals surface area (Å²) < 4.78 is 2.16. The second-order valence-electron chi connectivity index (χ2n) is 7.81. The molecule has 1 aromatic heterocycles. The number of aromatic nitrogens is 1. The largest absolute Gasteiger partial charge is 0.366 e. The average Bonchev–Trinajstić information content (AvgIpc) is 3.12. The van der Waals surface area contributed by atoms with Gasteiger partial charge in [-0.05, 0) is 53.6 Å². The van der Waals surface area contributed by atoms with Gasteiger partial charge in [-0.3, -0.25) is 4.79 Å². The third-order valence-electron chi connectivity index (χ3n) is 5.82. The molecule has 4 aromatic carbocycles. The number of nitriles is 1. The Morgan fingerprint density at radius 3 is 2.42 bits per heavy atom. The molecule has 0 radical (unpaired) electrons. The van der Waals surface area contributed by atoms with Crippen molar-refractivity contribution in [1.82, 2.24) is 4.57 Å². The molecule has 0 aliphatic heterocycles. The second-order valence-corrected chi connectivity index (χ2v) is 8.66. The summed E-state index contributed by atoms with van der Waals surface area (Å²) >= 11 is 12.6. The number of nitrogens with zero attached hydrogens (tertiary/aromatic N) is 2. The van der Waals surface area contributed by atoms with Gasteiger partial charge in [0.15, 0.2) is 0 Å².